The molecule has 0 radical (unpaired) electrons. The molecule has 0 bridgehead atoms. The molecule has 0 aromatic heterocycles. The average Bonchev–Trinajstić information content (AvgIpc) is 2.43. The van der Waals surface area contributed by atoms with Crippen molar-refractivity contribution in [2.75, 3.05) is 4.72 Å². The number of halogens is 3. The van der Waals surface area contributed by atoms with Crippen LogP contribution in [0.15, 0.2) is 41.3 Å². The molecule has 0 heterocycles. The maximum absolute atomic E-state index is 13.3. The average molecular weight is 364 g/mol. The fourth-order valence-electron chi connectivity index (χ4n) is 1.62. The van der Waals surface area contributed by atoms with Crippen LogP contribution >= 0.6 is 23.2 Å². The lowest BCUT2D eigenvalue weighted by molar-refractivity contribution is 0.0691. The van der Waals surface area contributed by atoms with Crippen LogP contribution in [0.3, 0.4) is 0 Å². The minimum atomic E-state index is -4.15. The van der Waals surface area contributed by atoms with E-state index < -0.39 is 32.3 Å². The van der Waals surface area contributed by atoms with E-state index in [9.17, 15) is 17.6 Å². The predicted molar refractivity (Wildman–Crippen MR) is 80.6 cm³/mol. The minimum Gasteiger partial charge on any atom is -0.478 e. The zero-order valence-electron chi connectivity index (χ0n) is 10.7. The van der Waals surface area contributed by atoms with Crippen LogP contribution in [0, 0.1) is 5.82 Å². The molecule has 0 aliphatic carbocycles. The largest absolute Gasteiger partial charge is 0.478 e. The normalized spacial score (nSPS) is 11.2. The van der Waals surface area contributed by atoms with E-state index in [4.69, 9.17) is 28.3 Å². The summed E-state index contributed by atoms with van der Waals surface area (Å²) in [6.07, 6.45) is 0. The van der Waals surface area contributed by atoms with Gasteiger partial charge in [-0.25, -0.2) is 17.6 Å². The van der Waals surface area contributed by atoms with Crippen molar-refractivity contribution in [2.24, 2.45) is 0 Å². The molecule has 22 heavy (non-hydrogen) atoms. The number of hydrogen-bond acceptors (Lipinski definition) is 3. The molecule has 5 nitrogen and oxygen atoms in total. The maximum atomic E-state index is 13.3. The van der Waals surface area contributed by atoms with Crippen LogP contribution in [-0.2, 0) is 10.0 Å². The highest BCUT2D eigenvalue weighted by atomic mass is 35.5. The molecule has 0 unspecified atom stereocenters. The second kappa shape index (κ2) is 6.12. The summed E-state index contributed by atoms with van der Waals surface area (Å²) in [5.74, 6) is -2.61. The molecule has 0 saturated carbocycles. The number of benzene rings is 2. The monoisotopic (exact) mass is 363 g/mol. The number of nitrogens with one attached hydrogen (secondary N) is 1. The van der Waals surface area contributed by atoms with Crippen LogP contribution in [-0.4, -0.2) is 19.5 Å². The molecule has 0 aliphatic rings. The second-order valence-electron chi connectivity index (χ2n) is 4.15. The molecule has 116 valence electrons. The van der Waals surface area contributed by atoms with Gasteiger partial charge in [-0.05, 0) is 30.3 Å². The first-order chi connectivity index (χ1) is 10.2. The second-order valence-corrected chi connectivity index (χ2v) is 6.62. The molecular formula is C13H8Cl2FNO4S. The Balaban J connectivity index is 2.45. The third-order valence-corrected chi connectivity index (χ3v) is 4.86. The highest BCUT2D eigenvalue weighted by Crippen LogP contribution is 2.31. The van der Waals surface area contributed by atoms with Crippen molar-refractivity contribution >= 4 is 44.9 Å². The van der Waals surface area contributed by atoms with E-state index in [0.717, 1.165) is 18.2 Å². The number of hydrogen-bond donors (Lipinski definition) is 2. The summed E-state index contributed by atoms with van der Waals surface area (Å²) in [5.41, 5.74) is -0.726. The van der Waals surface area contributed by atoms with E-state index >= 15 is 0 Å². The number of carboxylic acid groups (broad SMARTS) is 1. The Morgan fingerprint density at radius 2 is 1.86 bits per heavy atom. The molecule has 0 atom stereocenters. The zero-order chi connectivity index (χ0) is 16.5. The molecule has 0 spiro atoms. The standard InChI is InChI=1S/C13H8Cl2FNO4S/c14-9-2-1-3-11(12(9)15)17-22(20,21)7-4-5-10(16)8(6-7)13(18)19/h1-6,17H,(H,18,19). The van der Waals surface area contributed by atoms with Crippen molar-refractivity contribution in [3.63, 3.8) is 0 Å². The molecule has 2 aromatic carbocycles. The third kappa shape index (κ3) is 3.32. The molecular weight excluding hydrogens is 356 g/mol. The van der Waals surface area contributed by atoms with Gasteiger partial charge in [-0.15, -0.1) is 0 Å². The molecule has 2 rings (SSSR count). The van der Waals surface area contributed by atoms with Crippen LogP contribution in [0.5, 0.6) is 0 Å². The van der Waals surface area contributed by atoms with Crippen LogP contribution in [0.2, 0.25) is 10.0 Å². The summed E-state index contributed by atoms with van der Waals surface area (Å²) in [5, 5.41) is 8.97. The smallest absolute Gasteiger partial charge is 0.338 e. The van der Waals surface area contributed by atoms with Crippen molar-refractivity contribution in [1.82, 2.24) is 0 Å². The van der Waals surface area contributed by atoms with Crippen LogP contribution in [0.25, 0.3) is 0 Å². The molecule has 9 heteroatoms. The lowest BCUT2D eigenvalue weighted by Crippen LogP contribution is -2.14. The Morgan fingerprint density at radius 3 is 2.50 bits per heavy atom. The quantitative estimate of drug-likeness (QED) is 0.868. The Hall–Kier alpha value is -1.83. The lowest BCUT2D eigenvalue weighted by atomic mass is 10.2. The summed E-state index contributed by atoms with van der Waals surface area (Å²) in [6.45, 7) is 0. The fourth-order valence-corrected chi connectivity index (χ4v) is 3.12. The van der Waals surface area contributed by atoms with E-state index in [1.807, 2.05) is 0 Å². The number of aromatic carboxylic acids is 1. The lowest BCUT2D eigenvalue weighted by Gasteiger charge is -2.11. The first kappa shape index (κ1) is 16.5. The van der Waals surface area contributed by atoms with Crippen molar-refractivity contribution < 1.29 is 22.7 Å². The van der Waals surface area contributed by atoms with Gasteiger partial charge in [-0.3, -0.25) is 4.72 Å². The van der Waals surface area contributed by atoms with Gasteiger partial charge in [0.2, 0.25) is 0 Å². The SMILES string of the molecule is O=C(O)c1cc(S(=O)(=O)Nc2cccc(Cl)c2Cl)ccc1F. The number of carboxylic acids is 1. The van der Waals surface area contributed by atoms with Gasteiger partial charge in [0, 0.05) is 0 Å². The van der Waals surface area contributed by atoms with Gasteiger partial charge >= 0.3 is 5.97 Å². The van der Waals surface area contributed by atoms with Crippen LogP contribution in [0.4, 0.5) is 10.1 Å². The van der Waals surface area contributed by atoms with Crippen molar-refractivity contribution in [1.29, 1.82) is 0 Å². The van der Waals surface area contributed by atoms with Gasteiger partial charge in [-0.2, -0.15) is 0 Å². The van der Waals surface area contributed by atoms with E-state index in [1.54, 1.807) is 0 Å². The number of rotatable bonds is 4. The van der Waals surface area contributed by atoms with Gasteiger partial charge in [0.25, 0.3) is 10.0 Å². The van der Waals surface area contributed by atoms with E-state index in [2.05, 4.69) is 4.72 Å². The van der Waals surface area contributed by atoms with Crippen LogP contribution in [0.1, 0.15) is 10.4 Å². The zero-order valence-corrected chi connectivity index (χ0v) is 13.0. The molecule has 2 aromatic rings. The Bertz CT molecular complexity index is 855. The number of carbonyl (C=O) groups is 1. The predicted octanol–water partition coefficient (Wildman–Crippen LogP) is 3.63. The van der Waals surface area contributed by atoms with Crippen molar-refractivity contribution in [3.05, 3.63) is 57.8 Å². The molecule has 0 aliphatic heterocycles. The van der Waals surface area contributed by atoms with Gasteiger partial charge in [0.05, 0.1) is 26.2 Å². The summed E-state index contributed by atoms with van der Waals surface area (Å²) in [6, 6.07) is 6.77. The maximum Gasteiger partial charge on any atom is 0.338 e. The first-order valence-electron chi connectivity index (χ1n) is 5.72. The number of anilines is 1. The van der Waals surface area contributed by atoms with E-state index in [-0.39, 0.29) is 15.7 Å². The highest BCUT2D eigenvalue weighted by Gasteiger charge is 2.20. The third-order valence-electron chi connectivity index (χ3n) is 2.67. The van der Waals surface area contributed by atoms with Gasteiger partial charge in [0.15, 0.2) is 0 Å². The summed E-state index contributed by atoms with van der Waals surface area (Å²) < 4.78 is 39.9. The first-order valence-corrected chi connectivity index (χ1v) is 7.96. The summed E-state index contributed by atoms with van der Waals surface area (Å²) >= 11 is 11.7. The summed E-state index contributed by atoms with van der Waals surface area (Å²) in [7, 11) is -4.15. The van der Waals surface area contributed by atoms with Crippen LogP contribution < -0.4 is 4.72 Å². The highest BCUT2D eigenvalue weighted by molar-refractivity contribution is 7.92. The molecule has 0 fully saturated rings. The van der Waals surface area contributed by atoms with Crippen molar-refractivity contribution in [2.45, 2.75) is 4.90 Å². The number of sulfonamides is 1. The Kier molecular flexibility index (Phi) is 4.60. The van der Waals surface area contributed by atoms with Gasteiger partial charge < -0.3 is 5.11 Å². The fraction of sp³-hybridized carbons (Fsp3) is 0. The molecule has 2 N–H and O–H groups in total. The topological polar surface area (TPSA) is 83.5 Å². The summed E-state index contributed by atoms with van der Waals surface area (Å²) in [4.78, 5) is 10.4. The Labute approximate surface area is 135 Å². The molecule has 0 amide bonds. The van der Waals surface area contributed by atoms with E-state index in [1.165, 1.54) is 18.2 Å². The molecule has 0 saturated heterocycles. The Morgan fingerprint density at radius 1 is 1.18 bits per heavy atom. The minimum absolute atomic E-state index is 0.00619. The van der Waals surface area contributed by atoms with Crippen molar-refractivity contribution in [3.8, 4) is 0 Å². The van der Waals surface area contributed by atoms with Gasteiger partial charge in [0.1, 0.15) is 5.82 Å². The van der Waals surface area contributed by atoms with Gasteiger partial charge in [-0.1, -0.05) is 29.3 Å². The van der Waals surface area contributed by atoms with E-state index in [0.29, 0.717) is 0 Å².